The number of carbonyl (C=O) groups is 2. The highest BCUT2D eigenvalue weighted by molar-refractivity contribution is 9.10. The number of carbonyl (C=O) groups excluding carboxylic acids is 2. The second kappa shape index (κ2) is 10.9. The van der Waals surface area contributed by atoms with E-state index in [4.69, 9.17) is 0 Å². The monoisotopic (exact) mass is 660 g/mol. The van der Waals surface area contributed by atoms with Crippen LogP contribution >= 0.6 is 15.9 Å². The van der Waals surface area contributed by atoms with Crippen molar-refractivity contribution >= 4 is 48.9 Å². The first kappa shape index (κ1) is 31.0. The third-order valence-corrected chi connectivity index (χ3v) is 10.2. The average molecular weight is 662 g/mol. The molecule has 2 aliphatic rings. The molecule has 3 aromatic carbocycles. The largest absolute Gasteiger partial charge is 0.369 e. The van der Waals surface area contributed by atoms with E-state index < -0.39 is 32.4 Å². The highest BCUT2D eigenvalue weighted by Gasteiger charge is 2.55. The van der Waals surface area contributed by atoms with Gasteiger partial charge in [0.1, 0.15) is 11.6 Å². The quantitative estimate of drug-likeness (QED) is 0.283. The summed E-state index contributed by atoms with van der Waals surface area (Å²) >= 11 is 3.44. The molecular weight excluding hydrogens is 624 g/mol. The van der Waals surface area contributed by atoms with Crippen LogP contribution < -0.4 is 9.62 Å². The molecule has 1 aliphatic carbocycles. The van der Waals surface area contributed by atoms with Crippen LogP contribution in [0.5, 0.6) is 0 Å². The number of anilines is 2. The lowest BCUT2D eigenvalue weighted by Gasteiger charge is -2.51. The SMILES string of the molecule is CC(C)(C)C1=CC2(C=C(C(C)(C)C)C1=O)Nc1ccccc1N(S(=O)(=O)Cc1ccccc1)C2C(=O)c1ccc(Br)cc1. The summed E-state index contributed by atoms with van der Waals surface area (Å²) in [5.74, 6) is -0.776. The van der Waals surface area contributed by atoms with Gasteiger partial charge in [-0.15, -0.1) is 0 Å². The van der Waals surface area contributed by atoms with E-state index in [1.165, 1.54) is 4.31 Å². The molecule has 224 valence electrons. The lowest BCUT2D eigenvalue weighted by Crippen LogP contribution is -2.65. The van der Waals surface area contributed by atoms with Gasteiger partial charge in [0.2, 0.25) is 10.0 Å². The summed E-state index contributed by atoms with van der Waals surface area (Å²) in [4.78, 5) is 28.8. The molecule has 43 heavy (non-hydrogen) atoms. The van der Waals surface area contributed by atoms with Gasteiger partial charge < -0.3 is 5.32 Å². The summed E-state index contributed by atoms with van der Waals surface area (Å²) in [5.41, 5.74) is 0.456. The molecule has 1 heterocycles. The fourth-order valence-corrected chi connectivity index (χ4v) is 7.87. The Balaban J connectivity index is 1.86. The Morgan fingerprint density at radius 1 is 0.837 bits per heavy atom. The van der Waals surface area contributed by atoms with Crippen LogP contribution in [0.3, 0.4) is 0 Å². The van der Waals surface area contributed by atoms with Crippen molar-refractivity contribution in [2.75, 3.05) is 9.62 Å². The van der Waals surface area contributed by atoms with E-state index in [1.807, 2.05) is 59.7 Å². The van der Waals surface area contributed by atoms with Crippen molar-refractivity contribution in [3.63, 3.8) is 0 Å². The van der Waals surface area contributed by atoms with Crippen LogP contribution in [0.1, 0.15) is 57.5 Å². The number of Topliss-reactive ketones (excluding diaryl/α,β-unsaturated/α-hetero) is 2. The van der Waals surface area contributed by atoms with E-state index in [0.717, 1.165) is 4.47 Å². The van der Waals surface area contributed by atoms with Crippen molar-refractivity contribution in [2.24, 2.45) is 10.8 Å². The van der Waals surface area contributed by atoms with E-state index in [2.05, 4.69) is 21.2 Å². The lowest BCUT2D eigenvalue weighted by atomic mass is 9.66. The molecule has 0 aromatic heterocycles. The zero-order valence-electron chi connectivity index (χ0n) is 25.3. The van der Waals surface area contributed by atoms with Gasteiger partial charge in [-0.25, -0.2) is 8.42 Å². The Hall–Kier alpha value is -3.49. The molecule has 1 aliphatic heterocycles. The minimum absolute atomic E-state index is 0.0974. The van der Waals surface area contributed by atoms with Crippen LogP contribution in [0, 0.1) is 10.8 Å². The maximum atomic E-state index is 14.8. The van der Waals surface area contributed by atoms with Gasteiger partial charge in [-0.05, 0) is 52.8 Å². The molecule has 0 fully saturated rings. The Labute approximate surface area is 263 Å². The number of hydrogen-bond acceptors (Lipinski definition) is 5. The number of allylic oxidation sites excluding steroid dienone is 2. The van der Waals surface area contributed by atoms with Crippen LogP contribution in [-0.4, -0.2) is 31.6 Å². The van der Waals surface area contributed by atoms with E-state index in [-0.39, 0.29) is 17.3 Å². The number of ketones is 2. The first-order chi connectivity index (χ1) is 20.0. The number of sulfonamides is 1. The third-order valence-electron chi connectivity index (χ3n) is 7.92. The van der Waals surface area contributed by atoms with Gasteiger partial charge in [0.25, 0.3) is 0 Å². The van der Waals surface area contributed by atoms with E-state index in [9.17, 15) is 18.0 Å². The fourth-order valence-electron chi connectivity index (χ4n) is 5.81. The Bertz CT molecular complexity index is 1710. The third kappa shape index (κ3) is 5.87. The maximum absolute atomic E-state index is 14.8. The normalized spacial score (nSPS) is 18.4. The standard InChI is InChI=1S/C35H37BrN2O4S/c1-33(2,3)26-20-35(21-27(31(26)40)34(4,5)6)32(30(39)24-16-18-25(36)19-17-24)38(29-15-11-10-14-28(29)37-35)43(41,42)22-23-12-8-7-9-13-23/h7-21,32,37H,22H2,1-6H3. The molecule has 8 heteroatoms. The van der Waals surface area contributed by atoms with Gasteiger partial charge in [-0.1, -0.05) is 112 Å². The molecular formula is C35H37BrN2O4S. The summed E-state index contributed by atoms with van der Waals surface area (Å²) in [7, 11) is -4.14. The topological polar surface area (TPSA) is 83.6 Å². The number of rotatable bonds is 5. The minimum Gasteiger partial charge on any atom is -0.369 e. The molecule has 1 atom stereocenters. The van der Waals surface area contributed by atoms with Gasteiger partial charge in [0, 0.05) is 21.2 Å². The number of fused-ring (bicyclic) bond motifs is 1. The van der Waals surface area contributed by atoms with Crippen LogP contribution in [0.25, 0.3) is 0 Å². The summed E-state index contributed by atoms with van der Waals surface area (Å²) in [6.07, 6.45) is 3.60. The molecule has 3 aromatic rings. The average Bonchev–Trinajstić information content (AvgIpc) is 2.92. The highest BCUT2D eigenvalue weighted by atomic mass is 79.9. The second-order valence-electron chi connectivity index (χ2n) is 13.3. The van der Waals surface area contributed by atoms with Crippen molar-refractivity contribution in [3.05, 3.63) is 118 Å². The zero-order chi connectivity index (χ0) is 31.4. The van der Waals surface area contributed by atoms with Crippen molar-refractivity contribution in [1.29, 1.82) is 0 Å². The van der Waals surface area contributed by atoms with Gasteiger partial charge >= 0.3 is 0 Å². The molecule has 0 radical (unpaired) electrons. The van der Waals surface area contributed by atoms with Crippen molar-refractivity contribution in [2.45, 2.75) is 58.9 Å². The second-order valence-corrected chi connectivity index (χ2v) is 16.1. The highest BCUT2D eigenvalue weighted by Crippen LogP contribution is 2.49. The van der Waals surface area contributed by atoms with Gasteiger partial charge in [0.05, 0.1) is 17.1 Å². The first-order valence-electron chi connectivity index (χ1n) is 14.3. The molecule has 1 spiro atoms. The van der Waals surface area contributed by atoms with E-state index in [1.54, 1.807) is 72.8 Å². The number of nitrogens with one attached hydrogen (secondary N) is 1. The Kier molecular flexibility index (Phi) is 7.84. The number of nitrogens with zero attached hydrogens (tertiary/aromatic N) is 1. The van der Waals surface area contributed by atoms with Crippen LogP contribution in [-0.2, 0) is 20.6 Å². The van der Waals surface area contributed by atoms with Gasteiger partial charge in [-0.3, -0.25) is 13.9 Å². The molecule has 5 rings (SSSR count). The number of hydrogen-bond donors (Lipinski definition) is 1. The number of para-hydroxylation sites is 2. The van der Waals surface area contributed by atoms with Crippen LogP contribution in [0.4, 0.5) is 11.4 Å². The van der Waals surface area contributed by atoms with Crippen LogP contribution in [0.15, 0.2) is 107 Å². The van der Waals surface area contributed by atoms with Crippen molar-refractivity contribution in [1.82, 2.24) is 0 Å². The summed E-state index contributed by atoms with van der Waals surface area (Å²) in [6, 6.07) is 21.7. The summed E-state index contributed by atoms with van der Waals surface area (Å²) < 4.78 is 31.3. The predicted octanol–water partition coefficient (Wildman–Crippen LogP) is 7.73. The Morgan fingerprint density at radius 3 is 1.93 bits per heavy atom. The lowest BCUT2D eigenvalue weighted by molar-refractivity contribution is -0.114. The first-order valence-corrected chi connectivity index (χ1v) is 16.7. The van der Waals surface area contributed by atoms with E-state index in [0.29, 0.717) is 33.6 Å². The van der Waals surface area contributed by atoms with Gasteiger partial charge in [-0.2, -0.15) is 0 Å². The molecule has 0 bridgehead atoms. The zero-order valence-corrected chi connectivity index (χ0v) is 27.7. The maximum Gasteiger partial charge on any atom is 0.240 e. The number of halogens is 1. The smallest absolute Gasteiger partial charge is 0.240 e. The fraction of sp³-hybridized carbons (Fsp3) is 0.314. The molecule has 1 N–H and O–H groups in total. The Morgan fingerprint density at radius 2 is 1.37 bits per heavy atom. The molecule has 0 amide bonds. The predicted molar refractivity (Wildman–Crippen MR) is 177 cm³/mol. The molecule has 0 saturated heterocycles. The van der Waals surface area contributed by atoms with Crippen LogP contribution in [0.2, 0.25) is 0 Å². The van der Waals surface area contributed by atoms with Crippen molar-refractivity contribution in [3.8, 4) is 0 Å². The molecule has 0 saturated carbocycles. The van der Waals surface area contributed by atoms with Gasteiger partial charge in [0.15, 0.2) is 11.6 Å². The van der Waals surface area contributed by atoms with Crippen molar-refractivity contribution < 1.29 is 18.0 Å². The van der Waals surface area contributed by atoms with E-state index >= 15 is 0 Å². The molecule has 1 unspecified atom stereocenters. The molecule has 6 nitrogen and oxygen atoms in total. The minimum atomic E-state index is -4.14. The summed E-state index contributed by atoms with van der Waals surface area (Å²) in [5, 5.41) is 3.57. The summed E-state index contributed by atoms with van der Waals surface area (Å²) in [6.45, 7) is 11.8. The number of benzene rings is 3.